The van der Waals surface area contributed by atoms with Gasteiger partial charge in [0, 0.05) is 4.88 Å². The number of sulfonamides is 1. The van der Waals surface area contributed by atoms with E-state index in [0.717, 1.165) is 17.7 Å². The molecular formula is C14H19N3O2S2. The van der Waals surface area contributed by atoms with Gasteiger partial charge in [0.15, 0.2) is 5.03 Å². The first kappa shape index (κ1) is 14.7. The van der Waals surface area contributed by atoms with Crippen LogP contribution in [0.5, 0.6) is 0 Å². The number of nitrogens with one attached hydrogen (secondary N) is 2. The Morgan fingerprint density at radius 2 is 2.19 bits per heavy atom. The van der Waals surface area contributed by atoms with Crippen LogP contribution in [0.4, 0.5) is 0 Å². The molecule has 2 heterocycles. The summed E-state index contributed by atoms with van der Waals surface area (Å²) in [6.07, 6.45) is 5.88. The van der Waals surface area contributed by atoms with E-state index >= 15 is 0 Å². The van der Waals surface area contributed by atoms with Crippen molar-refractivity contribution in [2.45, 2.75) is 43.7 Å². The van der Waals surface area contributed by atoms with E-state index in [2.05, 4.69) is 14.7 Å². The summed E-state index contributed by atoms with van der Waals surface area (Å²) in [7, 11) is -3.56. The third kappa shape index (κ3) is 3.20. The van der Waals surface area contributed by atoms with Gasteiger partial charge < -0.3 is 4.98 Å². The minimum atomic E-state index is -3.56. The number of H-pyrrole nitrogens is 1. The van der Waals surface area contributed by atoms with E-state index in [9.17, 15) is 8.42 Å². The highest BCUT2D eigenvalue weighted by atomic mass is 32.2. The zero-order chi connectivity index (χ0) is 14.9. The smallest absolute Gasteiger partial charge is 0.258 e. The van der Waals surface area contributed by atoms with Crippen LogP contribution in [0, 0.1) is 12.8 Å². The van der Waals surface area contributed by atoms with E-state index in [1.807, 2.05) is 17.5 Å². The summed E-state index contributed by atoms with van der Waals surface area (Å²) in [4.78, 5) is 7.86. The highest BCUT2D eigenvalue weighted by Crippen LogP contribution is 2.38. The van der Waals surface area contributed by atoms with Crippen LogP contribution in [0.25, 0.3) is 0 Å². The Labute approximate surface area is 128 Å². The second-order valence-electron chi connectivity index (χ2n) is 5.49. The summed E-state index contributed by atoms with van der Waals surface area (Å²) >= 11 is 1.61. The molecule has 114 valence electrons. The monoisotopic (exact) mass is 325 g/mol. The lowest BCUT2D eigenvalue weighted by Crippen LogP contribution is -2.32. The predicted molar refractivity (Wildman–Crippen MR) is 82.7 cm³/mol. The van der Waals surface area contributed by atoms with Crippen molar-refractivity contribution in [3.8, 4) is 0 Å². The van der Waals surface area contributed by atoms with Crippen LogP contribution in [0.1, 0.15) is 42.4 Å². The first-order valence-electron chi connectivity index (χ1n) is 7.13. The Kier molecular flexibility index (Phi) is 4.14. The molecule has 2 aromatic heterocycles. The van der Waals surface area contributed by atoms with Crippen LogP contribution in [0.3, 0.4) is 0 Å². The second kappa shape index (κ2) is 5.90. The van der Waals surface area contributed by atoms with Crippen LogP contribution >= 0.6 is 11.3 Å². The molecule has 7 heteroatoms. The molecule has 0 aromatic carbocycles. The number of imidazole rings is 1. The Balaban J connectivity index is 1.87. The van der Waals surface area contributed by atoms with E-state index < -0.39 is 10.0 Å². The molecule has 1 aliphatic carbocycles. The van der Waals surface area contributed by atoms with Crippen LogP contribution in [-0.4, -0.2) is 18.4 Å². The van der Waals surface area contributed by atoms with E-state index in [0.29, 0.717) is 11.7 Å². The Bertz CT molecular complexity index is 686. The number of nitrogens with zero attached hydrogens (tertiary/aromatic N) is 1. The average molecular weight is 325 g/mol. The molecule has 2 aromatic rings. The van der Waals surface area contributed by atoms with Crippen molar-refractivity contribution in [1.29, 1.82) is 0 Å². The summed E-state index contributed by atoms with van der Waals surface area (Å²) < 4.78 is 27.9. The molecule has 0 radical (unpaired) electrons. The lowest BCUT2D eigenvalue weighted by Gasteiger charge is -2.23. The largest absolute Gasteiger partial charge is 0.332 e. The third-order valence-electron chi connectivity index (χ3n) is 3.97. The summed E-state index contributed by atoms with van der Waals surface area (Å²) in [6.45, 7) is 1.74. The van der Waals surface area contributed by atoms with Crippen molar-refractivity contribution in [3.05, 3.63) is 34.4 Å². The number of aryl methyl sites for hydroxylation is 1. The van der Waals surface area contributed by atoms with Crippen LogP contribution in [0.15, 0.2) is 28.7 Å². The van der Waals surface area contributed by atoms with Gasteiger partial charge in [0.2, 0.25) is 0 Å². The van der Waals surface area contributed by atoms with Crippen LogP contribution < -0.4 is 4.72 Å². The number of rotatable bonds is 5. The summed E-state index contributed by atoms with van der Waals surface area (Å²) in [6, 6.07) is 3.84. The lowest BCUT2D eigenvalue weighted by molar-refractivity contribution is 0.415. The molecule has 0 saturated heterocycles. The van der Waals surface area contributed by atoms with Gasteiger partial charge in [-0.05, 0) is 37.1 Å². The van der Waals surface area contributed by atoms with Gasteiger partial charge in [-0.1, -0.05) is 18.9 Å². The molecule has 1 aliphatic rings. The third-order valence-corrected chi connectivity index (χ3v) is 6.28. The van der Waals surface area contributed by atoms with Crippen molar-refractivity contribution in [3.63, 3.8) is 0 Å². The van der Waals surface area contributed by atoms with E-state index in [1.54, 1.807) is 18.3 Å². The van der Waals surface area contributed by atoms with Gasteiger partial charge in [-0.2, -0.15) is 0 Å². The molecule has 0 aliphatic heterocycles. The molecular weight excluding hydrogens is 306 g/mol. The Hall–Kier alpha value is -1.18. The van der Waals surface area contributed by atoms with Gasteiger partial charge in [0.05, 0.1) is 12.2 Å². The first-order chi connectivity index (χ1) is 10.1. The zero-order valence-electron chi connectivity index (χ0n) is 11.9. The maximum absolute atomic E-state index is 12.5. The predicted octanol–water partition coefficient (Wildman–Crippen LogP) is 2.99. The lowest BCUT2D eigenvalue weighted by atomic mass is 9.98. The van der Waals surface area contributed by atoms with E-state index in [-0.39, 0.29) is 11.1 Å². The van der Waals surface area contributed by atoms with Crippen molar-refractivity contribution < 1.29 is 8.42 Å². The minimum Gasteiger partial charge on any atom is -0.332 e. The summed E-state index contributed by atoms with van der Waals surface area (Å²) in [5.74, 6) is 0.978. The van der Waals surface area contributed by atoms with Crippen molar-refractivity contribution in [2.24, 2.45) is 5.92 Å². The highest BCUT2D eigenvalue weighted by Gasteiger charge is 2.31. The van der Waals surface area contributed by atoms with Crippen LogP contribution in [-0.2, 0) is 10.0 Å². The normalized spacial score (nSPS) is 18.1. The standard InChI is InChI=1S/C14H19N3O2S2/c1-10-15-9-13(16-10)21(18,19)17-14(11-5-2-3-6-11)12-7-4-8-20-12/h4,7-9,11,14,17H,2-3,5-6H2,1H3,(H,15,16). The molecule has 2 N–H and O–H groups in total. The molecule has 3 rings (SSSR count). The quantitative estimate of drug-likeness (QED) is 0.887. The molecule has 21 heavy (non-hydrogen) atoms. The van der Waals surface area contributed by atoms with Gasteiger partial charge in [-0.25, -0.2) is 18.1 Å². The molecule has 0 bridgehead atoms. The SMILES string of the molecule is Cc1ncc(S(=O)(=O)NC(c2cccs2)C2CCCC2)[nH]1. The Morgan fingerprint density at radius 3 is 2.76 bits per heavy atom. The molecule has 0 amide bonds. The van der Waals surface area contributed by atoms with Crippen molar-refractivity contribution in [2.75, 3.05) is 0 Å². The van der Waals surface area contributed by atoms with Crippen LogP contribution in [0.2, 0.25) is 0 Å². The first-order valence-corrected chi connectivity index (χ1v) is 9.50. The molecule has 5 nitrogen and oxygen atoms in total. The van der Waals surface area contributed by atoms with Crippen molar-refractivity contribution >= 4 is 21.4 Å². The van der Waals surface area contributed by atoms with E-state index in [1.165, 1.54) is 19.0 Å². The van der Waals surface area contributed by atoms with Gasteiger partial charge in [-0.15, -0.1) is 11.3 Å². The number of thiophene rings is 1. The number of aromatic amines is 1. The van der Waals surface area contributed by atoms with E-state index in [4.69, 9.17) is 0 Å². The van der Waals surface area contributed by atoms with Gasteiger partial charge in [-0.3, -0.25) is 0 Å². The average Bonchev–Trinajstić information content (AvgIpc) is 3.18. The second-order valence-corrected chi connectivity index (χ2v) is 8.15. The van der Waals surface area contributed by atoms with Gasteiger partial charge in [0.25, 0.3) is 10.0 Å². The summed E-state index contributed by atoms with van der Waals surface area (Å²) in [5, 5.41) is 2.13. The van der Waals surface area contributed by atoms with Gasteiger partial charge in [0.1, 0.15) is 5.82 Å². The number of aromatic nitrogens is 2. The topological polar surface area (TPSA) is 74.8 Å². The molecule has 1 atom stereocenters. The molecule has 1 fully saturated rings. The zero-order valence-corrected chi connectivity index (χ0v) is 13.5. The fraction of sp³-hybridized carbons (Fsp3) is 0.500. The van der Waals surface area contributed by atoms with Gasteiger partial charge >= 0.3 is 0 Å². The van der Waals surface area contributed by atoms with Crippen molar-refractivity contribution in [1.82, 2.24) is 14.7 Å². The maximum atomic E-state index is 12.5. The Morgan fingerprint density at radius 1 is 1.43 bits per heavy atom. The fourth-order valence-corrected chi connectivity index (χ4v) is 5.11. The number of hydrogen-bond acceptors (Lipinski definition) is 4. The fourth-order valence-electron chi connectivity index (χ4n) is 2.91. The number of hydrogen-bond donors (Lipinski definition) is 2. The maximum Gasteiger partial charge on any atom is 0.258 e. The molecule has 0 spiro atoms. The summed E-state index contributed by atoms with van der Waals surface area (Å²) in [5.41, 5.74) is 0. The highest BCUT2D eigenvalue weighted by molar-refractivity contribution is 7.89. The minimum absolute atomic E-state index is 0.138. The molecule has 1 saturated carbocycles. The molecule has 1 unspecified atom stereocenters.